The molecule has 0 aliphatic heterocycles. The first-order chi connectivity index (χ1) is 10.5. The lowest BCUT2D eigenvalue weighted by Gasteiger charge is -2.33. The molecule has 0 heterocycles. The van der Waals surface area contributed by atoms with Gasteiger partial charge < -0.3 is 21.5 Å². The van der Waals surface area contributed by atoms with Crippen molar-refractivity contribution in [2.75, 3.05) is 6.54 Å². The van der Waals surface area contributed by atoms with Crippen LogP contribution in [0.4, 0.5) is 0 Å². The Bertz CT molecular complexity index is 646. The van der Waals surface area contributed by atoms with Crippen LogP contribution in [0.25, 0.3) is 0 Å². The summed E-state index contributed by atoms with van der Waals surface area (Å²) in [6, 6.07) is 0. The van der Waals surface area contributed by atoms with E-state index in [1.54, 1.807) is 0 Å². The quantitative estimate of drug-likeness (QED) is 0.192. The first kappa shape index (κ1) is 20.6. The fourth-order valence-electron chi connectivity index (χ4n) is 1.81. The van der Waals surface area contributed by atoms with Crippen molar-refractivity contribution in [1.82, 2.24) is 10.6 Å². The third kappa shape index (κ3) is 5.01. The molecule has 23 heavy (non-hydrogen) atoms. The molecule has 0 aromatic heterocycles. The maximum atomic E-state index is 12.2. The van der Waals surface area contributed by atoms with Gasteiger partial charge in [0.05, 0.1) is 16.0 Å². The molecule has 2 unspecified atom stereocenters. The molecular formula is C12H12I3N3O5. The highest BCUT2D eigenvalue weighted by Crippen LogP contribution is 2.43. The van der Waals surface area contributed by atoms with Gasteiger partial charge in [-0.2, -0.15) is 0 Å². The Hall–Kier alpha value is -0.450. The summed E-state index contributed by atoms with van der Waals surface area (Å²) < 4.78 is -1.50. The van der Waals surface area contributed by atoms with Crippen molar-refractivity contribution in [2.24, 2.45) is 5.73 Å². The number of rotatable bonds is 5. The van der Waals surface area contributed by atoms with E-state index in [4.69, 9.17) is 5.73 Å². The van der Waals surface area contributed by atoms with Gasteiger partial charge in [0.1, 0.15) is 3.55 Å². The number of carbonyl (C=O) groups excluding carboxylic acids is 3. The number of alkyl halides is 2. The Morgan fingerprint density at radius 3 is 2.39 bits per heavy atom. The average Bonchev–Trinajstić information content (AvgIpc) is 2.39. The van der Waals surface area contributed by atoms with E-state index in [1.807, 2.05) is 67.8 Å². The highest BCUT2D eigenvalue weighted by Gasteiger charge is 2.42. The van der Waals surface area contributed by atoms with Gasteiger partial charge in [-0.15, -0.1) is 0 Å². The third-order valence-corrected chi connectivity index (χ3v) is 7.59. The molecule has 1 aliphatic carbocycles. The molecule has 0 saturated carbocycles. The Morgan fingerprint density at radius 2 is 1.96 bits per heavy atom. The molecule has 0 spiro atoms. The summed E-state index contributed by atoms with van der Waals surface area (Å²) >= 11 is 5.55. The van der Waals surface area contributed by atoms with E-state index in [0.29, 0.717) is 3.58 Å². The molecule has 0 saturated heterocycles. The van der Waals surface area contributed by atoms with Crippen molar-refractivity contribution in [3.05, 3.63) is 20.8 Å². The molecular weight excluding hydrogens is 647 g/mol. The zero-order chi connectivity index (χ0) is 17.9. The Kier molecular flexibility index (Phi) is 7.24. The summed E-state index contributed by atoms with van der Waals surface area (Å²) in [7, 11) is 0. The summed E-state index contributed by atoms with van der Waals surface area (Å²) in [6.07, 6.45) is 1.48. The lowest BCUT2D eigenvalue weighted by molar-refractivity contribution is -0.132. The Morgan fingerprint density at radius 1 is 1.39 bits per heavy atom. The molecule has 8 nitrogen and oxygen atoms in total. The normalized spacial score (nSPS) is 23.8. The smallest absolute Gasteiger partial charge is 0.333 e. The van der Waals surface area contributed by atoms with E-state index in [-0.39, 0.29) is 23.6 Å². The van der Waals surface area contributed by atoms with Crippen molar-refractivity contribution in [1.29, 1.82) is 0 Å². The van der Waals surface area contributed by atoms with Crippen molar-refractivity contribution >= 4 is 91.5 Å². The minimum absolute atomic E-state index is 0.000995. The number of carbonyl (C=O) groups is 4. The number of hydrogen-bond donors (Lipinski definition) is 4. The largest absolute Gasteiger partial charge is 0.478 e. The number of aliphatic carboxylic acids is 1. The van der Waals surface area contributed by atoms with Crippen LogP contribution in [-0.4, -0.2) is 42.8 Å². The van der Waals surface area contributed by atoms with Gasteiger partial charge in [0.2, 0.25) is 17.7 Å². The molecule has 5 N–H and O–H groups in total. The molecule has 2 atom stereocenters. The molecule has 0 aromatic rings. The molecule has 1 rings (SSSR count). The molecule has 11 heteroatoms. The number of carboxylic acid groups (broad SMARTS) is 1. The van der Waals surface area contributed by atoms with Gasteiger partial charge in [-0.3, -0.25) is 14.4 Å². The van der Waals surface area contributed by atoms with Crippen molar-refractivity contribution < 1.29 is 24.3 Å². The lowest BCUT2D eigenvalue weighted by atomic mass is 9.94. The summed E-state index contributed by atoms with van der Waals surface area (Å²) in [5.41, 5.74) is 5.12. The number of primary amides is 1. The van der Waals surface area contributed by atoms with Crippen LogP contribution in [0.2, 0.25) is 0 Å². The number of halogens is 3. The monoisotopic (exact) mass is 659 g/mol. The molecule has 1 aliphatic rings. The van der Waals surface area contributed by atoms with Gasteiger partial charge in [0.15, 0.2) is 0 Å². The summed E-state index contributed by atoms with van der Waals surface area (Å²) in [4.78, 5) is 46.0. The van der Waals surface area contributed by atoms with Gasteiger partial charge in [-0.05, 0) is 51.3 Å². The van der Waals surface area contributed by atoms with Crippen LogP contribution < -0.4 is 16.4 Å². The summed E-state index contributed by atoms with van der Waals surface area (Å²) in [5.74, 6) is -2.89. The maximum absolute atomic E-state index is 12.2. The van der Waals surface area contributed by atoms with E-state index in [0.717, 1.165) is 0 Å². The molecule has 3 amide bonds. The van der Waals surface area contributed by atoms with Crippen molar-refractivity contribution in [3.63, 3.8) is 0 Å². The van der Waals surface area contributed by atoms with Crippen LogP contribution in [0.1, 0.15) is 6.92 Å². The lowest BCUT2D eigenvalue weighted by Crippen LogP contribution is -2.47. The van der Waals surface area contributed by atoms with Crippen molar-refractivity contribution in [2.45, 2.75) is 14.4 Å². The van der Waals surface area contributed by atoms with Gasteiger partial charge in [0.25, 0.3) is 0 Å². The number of nitrogens with two attached hydrogens (primary N) is 1. The molecule has 0 bridgehead atoms. The van der Waals surface area contributed by atoms with E-state index < -0.39 is 25.3 Å². The number of hydrogen-bond acceptors (Lipinski definition) is 4. The standard InChI is InChI=1S/C12H12I3N3O5/c1-4(19)18-12(15)2-5(10(21)17-3-6(16)20)8(13)7(9(12)14)11(22)23/h2,8H,3H2,1H3,(H2,16,20)(H,17,21)(H,18,19)(H,22,23). The zero-order valence-electron chi connectivity index (χ0n) is 11.7. The fraction of sp³-hybridized carbons (Fsp3) is 0.333. The number of amides is 3. The van der Waals surface area contributed by atoms with Crippen LogP contribution in [0.5, 0.6) is 0 Å². The number of carboxylic acids is 1. The highest BCUT2D eigenvalue weighted by atomic mass is 127. The first-order valence-electron chi connectivity index (χ1n) is 6.04. The van der Waals surface area contributed by atoms with Crippen LogP contribution in [0.15, 0.2) is 20.8 Å². The van der Waals surface area contributed by atoms with Crippen LogP contribution >= 0.6 is 67.8 Å². The third-order valence-electron chi connectivity index (χ3n) is 2.71. The summed E-state index contributed by atoms with van der Waals surface area (Å²) in [6.45, 7) is 0.929. The SMILES string of the molecule is CC(=O)NC1(I)C=C(C(=O)NCC(N)=O)C(I)C(C(=O)O)=C1I. The van der Waals surface area contributed by atoms with E-state index >= 15 is 0 Å². The molecule has 0 aromatic carbocycles. The van der Waals surface area contributed by atoms with Crippen molar-refractivity contribution in [3.8, 4) is 0 Å². The average molecular weight is 659 g/mol. The van der Waals surface area contributed by atoms with E-state index in [1.165, 1.54) is 13.0 Å². The van der Waals surface area contributed by atoms with E-state index in [9.17, 15) is 24.3 Å². The topological polar surface area (TPSA) is 139 Å². The van der Waals surface area contributed by atoms with Crippen LogP contribution in [0.3, 0.4) is 0 Å². The second-order valence-corrected chi connectivity index (χ2v) is 8.56. The number of nitrogens with one attached hydrogen (secondary N) is 2. The minimum atomic E-state index is -1.19. The zero-order valence-corrected chi connectivity index (χ0v) is 18.1. The van der Waals surface area contributed by atoms with Gasteiger partial charge in [0, 0.05) is 16.1 Å². The van der Waals surface area contributed by atoms with E-state index in [2.05, 4.69) is 10.6 Å². The summed E-state index contributed by atoms with van der Waals surface area (Å²) in [5, 5.41) is 14.4. The minimum Gasteiger partial charge on any atom is -0.478 e. The second kappa shape index (κ2) is 8.09. The predicted molar refractivity (Wildman–Crippen MR) is 107 cm³/mol. The molecule has 0 radical (unpaired) electrons. The molecule has 0 fully saturated rings. The predicted octanol–water partition coefficient (Wildman–Crippen LogP) is 0.373. The Balaban J connectivity index is 3.32. The molecule has 126 valence electrons. The van der Waals surface area contributed by atoms with Gasteiger partial charge in [-0.25, -0.2) is 4.79 Å². The second-order valence-electron chi connectivity index (χ2n) is 4.54. The fourth-order valence-corrected chi connectivity index (χ4v) is 5.29. The highest BCUT2D eigenvalue weighted by molar-refractivity contribution is 14.1. The van der Waals surface area contributed by atoms with Crippen LogP contribution in [-0.2, 0) is 19.2 Å². The van der Waals surface area contributed by atoms with Gasteiger partial charge in [-0.1, -0.05) is 22.6 Å². The Labute approximate surface area is 172 Å². The first-order valence-corrected chi connectivity index (χ1v) is 9.44. The van der Waals surface area contributed by atoms with Crippen LogP contribution in [0, 0.1) is 0 Å². The maximum Gasteiger partial charge on any atom is 0.333 e. The van der Waals surface area contributed by atoms with Gasteiger partial charge >= 0.3 is 5.97 Å².